The molecule has 15 heavy (non-hydrogen) atoms. The number of nitrogens with two attached hydrogens (primary N) is 1. The molecular formula is C11H13FN2O. The second kappa shape index (κ2) is 3.98. The van der Waals surface area contributed by atoms with Crippen molar-refractivity contribution in [1.29, 1.82) is 0 Å². The highest BCUT2D eigenvalue weighted by molar-refractivity contribution is 5.77. The molecule has 0 radical (unpaired) electrons. The Balaban J connectivity index is 2.24. The van der Waals surface area contributed by atoms with Crippen LogP contribution in [0.25, 0.3) is 0 Å². The molecule has 0 aliphatic carbocycles. The van der Waals surface area contributed by atoms with Gasteiger partial charge < -0.3 is 11.1 Å². The van der Waals surface area contributed by atoms with Gasteiger partial charge in [-0.05, 0) is 24.1 Å². The predicted octanol–water partition coefficient (Wildman–Crippen LogP) is 1.10. The molecule has 3 N–H and O–H groups in total. The molecular weight excluding hydrogens is 195 g/mol. The van der Waals surface area contributed by atoms with Crippen LogP contribution in [-0.4, -0.2) is 11.9 Å². The number of hydrogen-bond donors (Lipinski definition) is 2. The Morgan fingerprint density at radius 1 is 1.47 bits per heavy atom. The normalized spacial score (nSPS) is 26.1. The van der Waals surface area contributed by atoms with Crippen molar-refractivity contribution in [2.45, 2.75) is 24.9 Å². The summed E-state index contributed by atoms with van der Waals surface area (Å²) in [6.45, 7) is 0. The van der Waals surface area contributed by atoms with Gasteiger partial charge in [-0.2, -0.15) is 0 Å². The quantitative estimate of drug-likeness (QED) is 0.726. The highest BCUT2D eigenvalue weighted by Crippen LogP contribution is 2.22. The maximum Gasteiger partial charge on any atom is 0.220 e. The molecule has 1 saturated heterocycles. The van der Waals surface area contributed by atoms with Gasteiger partial charge >= 0.3 is 0 Å². The molecule has 0 spiro atoms. The van der Waals surface area contributed by atoms with Gasteiger partial charge in [0.2, 0.25) is 5.91 Å². The third-order valence-corrected chi connectivity index (χ3v) is 2.66. The standard InChI is InChI=1S/C11H13FN2O/c12-8-3-1-2-7(6-8)11-9(13)4-5-10(15)14-11/h1-3,6,9,11H,4-5,13H2,(H,14,15). The van der Waals surface area contributed by atoms with Gasteiger partial charge in [0.1, 0.15) is 5.82 Å². The molecule has 2 rings (SSSR count). The van der Waals surface area contributed by atoms with Crippen molar-refractivity contribution in [2.24, 2.45) is 5.73 Å². The third kappa shape index (κ3) is 2.15. The van der Waals surface area contributed by atoms with Gasteiger partial charge in [-0.25, -0.2) is 4.39 Å². The largest absolute Gasteiger partial charge is 0.348 e. The molecule has 1 fully saturated rings. The van der Waals surface area contributed by atoms with Crippen molar-refractivity contribution >= 4 is 5.91 Å². The van der Waals surface area contributed by atoms with Crippen molar-refractivity contribution in [3.63, 3.8) is 0 Å². The fraction of sp³-hybridized carbons (Fsp3) is 0.364. The van der Waals surface area contributed by atoms with Crippen molar-refractivity contribution < 1.29 is 9.18 Å². The monoisotopic (exact) mass is 208 g/mol. The molecule has 0 aromatic heterocycles. The second-order valence-corrected chi connectivity index (χ2v) is 3.80. The maximum absolute atomic E-state index is 13.0. The number of piperidine rings is 1. The zero-order valence-corrected chi connectivity index (χ0v) is 8.24. The van der Waals surface area contributed by atoms with Gasteiger partial charge in [0.15, 0.2) is 0 Å². The lowest BCUT2D eigenvalue weighted by atomic mass is 9.93. The summed E-state index contributed by atoms with van der Waals surface area (Å²) < 4.78 is 13.0. The van der Waals surface area contributed by atoms with Crippen molar-refractivity contribution in [1.82, 2.24) is 5.32 Å². The van der Waals surface area contributed by atoms with E-state index in [0.717, 1.165) is 5.56 Å². The Hall–Kier alpha value is -1.42. The molecule has 1 amide bonds. The van der Waals surface area contributed by atoms with Gasteiger partial charge in [-0.3, -0.25) is 4.79 Å². The third-order valence-electron chi connectivity index (χ3n) is 2.66. The smallest absolute Gasteiger partial charge is 0.220 e. The van der Waals surface area contributed by atoms with E-state index in [4.69, 9.17) is 5.73 Å². The van der Waals surface area contributed by atoms with Crippen molar-refractivity contribution in [2.75, 3.05) is 0 Å². The number of nitrogens with one attached hydrogen (secondary N) is 1. The van der Waals surface area contributed by atoms with Crippen LogP contribution < -0.4 is 11.1 Å². The van der Waals surface area contributed by atoms with Gasteiger partial charge in [0.25, 0.3) is 0 Å². The zero-order chi connectivity index (χ0) is 10.8. The van der Waals surface area contributed by atoms with E-state index in [1.54, 1.807) is 12.1 Å². The molecule has 0 saturated carbocycles. The fourth-order valence-corrected chi connectivity index (χ4v) is 1.85. The number of halogens is 1. The predicted molar refractivity (Wildman–Crippen MR) is 54.5 cm³/mol. The molecule has 1 aliphatic heterocycles. The Labute approximate surface area is 87.5 Å². The number of amides is 1. The molecule has 1 heterocycles. The second-order valence-electron chi connectivity index (χ2n) is 3.80. The minimum absolute atomic E-state index is 0.0223. The van der Waals surface area contributed by atoms with Crippen LogP contribution in [0.3, 0.4) is 0 Å². The molecule has 2 atom stereocenters. The summed E-state index contributed by atoms with van der Waals surface area (Å²) in [5.74, 6) is -0.328. The van der Waals surface area contributed by atoms with Gasteiger partial charge in [-0.15, -0.1) is 0 Å². The summed E-state index contributed by atoms with van der Waals surface area (Å²) in [6, 6.07) is 5.79. The summed E-state index contributed by atoms with van der Waals surface area (Å²) in [5, 5.41) is 2.78. The number of hydrogen-bond acceptors (Lipinski definition) is 2. The van der Waals surface area contributed by atoms with E-state index >= 15 is 0 Å². The lowest BCUT2D eigenvalue weighted by molar-refractivity contribution is -0.123. The minimum Gasteiger partial charge on any atom is -0.348 e. The van der Waals surface area contributed by atoms with Crippen molar-refractivity contribution in [3.8, 4) is 0 Å². The molecule has 4 heteroatoms. The first kappa shape index (κ1) is 10.1. The van der Waals surface area contributed by atoms with Gasteiger partial charge in [-0.1, -0.05) is 12.1 Å². The summed E-state index contributed by atoms with van der Waals surface area (Å²) in [7, 11) is 0. The lowest BCUT2D eigenvalue weighted by Crippen LogP contribution is -2.45. The lowest BCUT2D eigenvalue weighted by Gasteiger charge is -2.29. The zero-order valence-electron chi connectivity index (χ0n) is 8.24. The number of rotatable bonds is 1. The Kier molecular flexibility index (Phi) is 2.68. The molecule has 3 nitrogen and oxygen atoms in total. The summed E-state index contributed by atoms with van der Waals surface area (Å²) >= 11 is 0. The first-order valence-corrected chi connectivity index (χ1v) is 4.97. The van der Waals surface area contributed by atoms with E-state index < -0.39 is 0 Å². The average Bonchev–Trinajstić information content (AvgIpc) is 2.22. The molecule has 0 bridgehead atoms. The molecule has 1 aromatic carbocycles. The first-order chi connectivity index (χ1) is 7.16. The minimum atomic E-state index is -0.306. The van der Waals surface area contributed by atoms with E-state index in [-0.39, 0.29) is 23.8 Å². The Morgan fingerprint density at radius 2 is 2.27 bits per heavy atom. The maximum atomic E-state index is 13.0. The summed E-state index contributed by atoms with van der Waals surface area (Å²) in [6.07, 6.45) is 1.10. The topological polar surface area (TPSA) is 55.1 Å². The van der Waals surface area contributed by atoms with Crippen LogP contribution in [0.15, 0.2) is 24.3 Å². The fourth-order valence-electron chi connectivity index (χ4n) is 1.85. The van der Waals surface area contributed by atoms with E-state index in [1.165, 1.54) is 12.1 Å². The van der Waals surface area contributed by atoms with Crippen molar-refractivity contribution in [3.05, 3.63) is 35.6 Å². The highest BCUT2D eigenvalue weighted by atomic mass is 19.1. The average molecular weight is 208 g/mol. The highest BCUT2D eigenvalue weighted by Gasteiger charge is 2.26. The van der Waals surface area contributed by atoms with Crippen LogP contribution in [-0.2, 0) is 4.79 Å². The Bertz CT molecular complexity index is 381. The van der Waals surface area contributed by atoms with Crippen LogP contribution in [0.4, 0.5) is 4.39 Å². The van der Waals surface area contributed by atoms with Crippen LogP contribution in [0.1, 0.15) is 24.4 Å². The molecule has 1 aliphatic rings. The van der Waals surface area contributed by atoms with Crippen LogP contribution in [0, 0.1) is 5.82 Å². The van der Waals surface area contributed by atoms with Gasteiger partial charge in [0, 0.05) is 12.5 Å². The van der Waals surface area contributed by atoms with Crippen LogP contribution in [0.2, 0.25) is 0 Å². The van der Waals surface area contributed by atoms with Crippen LogP contribution in [0.5, 0.6) is 0 Å². The van der Waals surface area contributed by atoms with Crippen LogP contribution >= 0.6 is 0 Å². The number of carbonyl (C=O) groups is 1. The first-order valence-electron chi connectivity index (χ1n) is 4.97. The summed E-state index contributed by atoms with van der Waals surface area (Å²) in [5.41, 5.74) is 6.62. The Morgan fingerprint density at radius 3 is 3.00 bits per heavy atom. The number of benzene rings is 1. The number of carbonyl (C=O) groups excluding carboxylic acids is 1. The van der Waals surface area contributed by atoms with E-state index in [2.05, 4.69) is 5.32 Å². The molecule has 80 valence electrons. The summed E-state index contributed by atoms with van der Waals surface area (Å²) in [4.78, 5) is 11.2. The molecule has 2 unspecified atom stereocenters. The van der Waals surface area contributed by atoms with E-state index in [0.29, 0.717) is 12.8 Å². The molecule has 1 aromatic rings. The SMILES string of the molecule is NC1CCC(=O)NC1c1cccc(F)c1. The van der Waals surface area contributed by atoms with E-state index in [9.17, 15) is 9.18 Å². The van der Waals surface area contributed by atoms with Gasteiger partial charge in [0.05, 0.1) is 6.04 Å². The van der Waals surface area contributed by atoms with E-state index in [1.807, 2.05) is 0 Å².